The minimum absolute atomic E-state index is 0. The Hall–Kier alpha value is -0.340. The van der Waals surface area contributed by atoms with Crippen LogP contribution in [0.5, 0.6) is 0 Å². The largest absolute Gasteiger partial charge is 0.260 e. The normalized spacial score (nSPS) is 8.22. The quantitative estimate of drug-likeness (QED) is 0.586. The third kappa shape index (κ3) is 2.63. The summed E-state index contributed by atoms with van der Waals surface area (Å²) in [4.78, 5) is 7.67. The molecule has 1 rings (SSSR count). The third-order valence-electron chi connectivity index (χ3n) is 0.726. The maximum Gasteiger partial charge on any atom is 0.147 e. The van der Waals surface area contributed by atoms with Gasteiger partial charge in [0.05, 0.1) is 11.9 Å². The summed E-state index contributed by atoms with van der Waals surface area (Å²) in [5.74, 6) is 0. The van der Waals surface area contributed by atoms with E-state index in [2.05, 4.69) is 9.97 Å². The van der Waals surface area contributed by atoms with Gasteiger partial charge in [-0.2, -0.15) is 0 Å². The van der Waals surface area contributed by atoms with E-state index >= 15 is 0 Å². The number of aryl methyl sites for hydroxylation is 1. The van der Waals surface area contributed by atoms with Crippen molar-refractivity contribution in [3.05, 3.63) is 23.2 Å². The maximum absolute atomic E-state index is 5.47. The molecule has 0 aliphatic heterocycles. The number of rotatable bonds is 0. The molecule has 0 N–H and O–H groups in total. The summed E-state index contributed by atoms with van der Waals surface area (Å²) in [7, 11) is 0. The summed E-state index contributed by atoms with van der Waals surface area (Å²) in [6.45, 7) is 1.85. The van der Waals surface area contributed by atoms with E-state index in [1.54, 1.807) is 6.20 Å². The molecule has 0 saturated heterocycles. The first-order valence-electron chi connectivity index (χ1n) is 2.23. The number of halogens is 2. The zero-order valence-corrected chi connectivity index (χ0v) is 6.41. The highest BCUT2D eigenvalue weighted by molar-refractivity contribution is 6.29. The molecule has 0 aliphatic rings. The summed E-state index contributed by atoms with van der Waals surface area (Å²) >= 11 is 5.47. The minimum atomic E-state index is 0. The van der Waals surface area contributed by atoms with Gasteiger partial charge in [-0.15, -0.1) is 12.4 Å². The van der Waals surface area contributed by atoms with Crippen LogP contribution < -0.4 is 0 Å². The lowest BCUT2D eigenvalue weighted by Crippen LogP contribution is -1.81. The van der Waals surface area contributed by atoms with Crippen LogP contribution in [0.1, 0.15) is 5.69 Å². The molecule has 0 aliphatic carbocycles. The van der Waals surface area contributed by atoms with E-state index in [9.17, 15) is 0 Å². The van der Waals surface area contributed by atoms with Gasteiger partial charge in [-0.3, -0.25) is 4.98 Å². The number of hydrogen-bond acceptors (Lipinski definition) is 2. The average molecular weight is 165 g/mol. The molecule has 50 valence electrons. The lowest BCUT2D eigenvalue weighted by molar-refractivity contribution is 1.12. The van der Waals surface area contributed by atoms with Crippen molar-refractivity contribution in [1.82, 2.24) is 9.97 Å². The standard InChI is InChI=1S/C5H5ClN2.ClH/c1-4-2-7-3-5(6)8-4;/h2-3H,1H3;1H. The lowest BCUT2D eigenvalue weighted by Gasteiger charge is -1.87. The summed E-state index contributed by atoms with van der Waals surface area (Å²) in [6, 6.07) is 0. The Morgan fingerprint density at radius 2 is 2.11 bits per heavy atom. The monoisotopic (exact) mass is 164 g/mol. The number of aromatic nitrogens is 2. The highest BCUT2D eigenvalue weighted by Crippen LogP contribution is 1.99. The molecule has 0 radical (unpaired) electrons. The first-order valence-corrected chi connectivity index (χ1v) is 2.61. The van der Waals surface area contributed by atoms with Crippen LogP contribution in [0.3, 0.4) is 0 Å². The molecular formula is C5H6Cl2N2. The molecule has 0 atom stereocenters. The Morgan fingerprint density at radius 1 is 1.44 bits per heavy atom. The SMILES string of the molecule is Cc1cncc(Cl)n1.Cl. The van der Waals surface area contributed by atoms with E-state index in [0.717, 1.165) is 5.69 Å². The maximum atomic E-state index is 5.47. The highest BCUT2D eigenvalue weighted by atomic mass is 35.5. The van der Waals surface area contributed by atoms with Crippen molar-refractivity contribution in [2.45, 2.75) is 6.92 Å². The van der Waals surface area contributed by atoms with Crippen molar-refractivity contribution in [2.24, 2.45) is 0 Å². The van der Waals surface area contributed by atoms with Gasteiger partial charge >= 0.3 is 0 Å². The third-order valence-corrected chi connectivity index (χ3v) is 0.908. The molecule has 0 spiro atoms. The van der Waals surface area contributed by atoms with Crippen LogP contribution in [-0.2, 0) is 0 Å². The van der Waals surface area contributed by atoms with Crippen molar-refractivity contribution >= 4 is 24.0 Å². The fraction of sp³-hybridized carbons (Fsp3) is 0.200. The molecule has 0 saturated carbocycles. The number of nitrogens with zero attached hydrogens (tertiary/aromatic N) is 2. The van der Waals surface area contributed by atoms with Crippen LogP contribution >= 0.6 is 24.0 Å². The Kier molecular flexibility index (Phi) is 3.50. The zero-order valence-electron chi connectivity index (χ0n) is 4.84. The van der Waals surface area contributed by atoms with Gasteiger partial charge in [-0.05, 0) is 6.92 Å². The van der Waals surface area contributed by atoms with Crippen molar-refractivity contribution in [3.63, 3.8) is 0 Å². The van der Waals surface area contributed by atoms with Crippen LogP contribution in [0.2, 0.25) is 5.15 Å². The number of hydrogen-bond donors (Lipinski definition) is 0. The molecule has 1 aromatic rings. The van der Waals surface area contributed by atoms with E-state index in [0.29, 0.717) is 5.15 Å². The molecule has 0 fully saturated rings. The predicted molar refractivity (Wildman–Crippen MR) is 39.0 cm³/mol. The predicted octanol–water partition coefficient (Wildman–Crippen LogP) is 1.86. The van der Waals surface area contributed by atoms with Crippen LogP contribution in [0.25, 0.3) is 0 Å². The van der Waals surface area contributed by atoms with Crippen molar-refractivity contribution < 1.29 is 0 Å². The van der Waals surface area contributed by atoms with E-state index in [1.807, 2.05) is 6.92 Å². The summed E-state index contributed by atoms with van der Waals surface area (Å²) in [5.41, 5.74) is 0.845. The van der Waals surface area contributed by atoms with Gasteiger partial charge < -0.3 is 0 Å². The first-order chi connectivity index (χ1) is 3.79. The van der Waals surface area contributed by atoms with Crippen molar-refractivity contribution in [3.8, 4) is 0 Å². The van der Waals surface area contributed by atoms with Gasteiger partial charge in [0.2, 0.25) is 0 Å². The fourth-order valence-electron chi connectivity index (χ4n) is 0.433. The van der Waals surface area contributed by atoms with E-state index in [-0.39, 0.29) is 12.4 Å². The highest BCUT2D eigenvalue weighted by Gasteiger charge is 1.85. The van der Waals surface area contributed by atoms with Crippen LogP contribution in [-0.4, -0.2) is 9.97 Å². The van der Waals surface area contributed by atoms with E-state index in [4.69, 9.17) is 11.6 Å². The van der Waals surface area contributed by atoms with Gasteiger partial charge in [0.1, 0.15) is 5.15 Å². The van der Waals surface area contributed by atoms with Crippen LogP contribution in [0.4, 0.5) is 0 Å². The van der Waals surface area contributed by atoms with Crippen molar-refractivity contribution in [2.75, 3.05) is 0 Å². The van der Waals surface area contributed by atoms with E-state index in [1.165, 1.54) is 6.20 Å². The molecule has 0 aromatic carbocycles. The fourth-order valence-corrected chi connectivity index (χ4v) is 0.623. The topological polar surface area (TPSA) is 25.8 Å². The average Bonchev–Trinajstić information content (AvgIpc) is 1.64. The van der Waals surface area contributed by atoms with Gasteiger partial charge in [0.25, 0.3) is 0 Å². The molecule has 1 aromatic heterocycles. The zero-order chi connectivity index (χ0) is 5.98. The second-order valence-electron chi connectivity index (χ2n) is 1.48. The van der Waals surface area contributed by atoms with Gasteiger partial charge in [0.15, 0.2) is 0 Å². The molecule has 4 heteroatoms. The Morgan fingerprint density at radius 3 is 2.44 bits per heavy atom. The summed E-state index contributed by atoms with van der Waals surface area (Å²) in [5, 5.41) is 0.449. The van der Waals surface area contributed by atoms with Gasteiger partial charge in [0, 0.05) is 6.20 Å². The van der Waals surface area contributed by atoms with Crippen molar-refractivity contribution in [1.29, 1.82) is 0 Å². The molecule has 2 nitrogen and oxygen atoms in total. The summed E-state index contributed by atoms with van der Waals surface area (Å²) in [6.07, 6.45) is 3.17. The second kappa shape index (κ2) is 3.64. The molecule has 1 heterocycles. The molecular weight excluding hydrogens is 159 g/mol. The summed E-state index contributed by atoms with van der Waals surface area (Å²) < 4.78 is 0. The molecule has 0 bridgehead atoms. The molecule has 0 unspecified atom stereocenters. The van der Waals surface area contributed by atoms with Gasteiger partial charge in [-0.1, -0.05) is 11.6 Å². The minimum Gasteiger partial charge on any atom is -0.260 e. The Balaban J connectivity index is 0.000000640. The smallest absolute Gasteiger partial charge is 0.147 e. The Bertz CT molecular complexity index is 173. The van der Waals surface area contributed by atoms with Crippen LogP contribution in [0, 0.1) is 6.92 Å². The lowest BCUT2D eigenvalue weighted by atomic mass is 10.5. The van der Waals surface area contributed by atoms with Crippen LogP contribution in [0.15, 0.2) is 12.4 Å². The first kappa shape index (κ1) is 8.66. The Labute approximate surface area is 64.7 Å². The second-order valence-corrected chi connectivity index (χ2v) is 1.87. The molecule has 0 amide bonds. The molecule has 9 heavy (non-hydrogen) atoms. The van der Waals surface area contributed by atoms with E-state index < -0.39 is 0 Å². The van der Waals surface area contributed by atoms with Gasteiger partial charge in [-0.25, -0.2) is 4.98 Å².